The third kappa shape index (κ3) is 4.10. The number of alkyl halides is 1. The number of carboxylic acids is 1. The molecular formula is C24H18IN3O8. The summed E-state index contributed by atoms with van der Waals surface area (Å²) < 4.78 is 10.2. The number of hydrogen-bond acceptors (Lipinski definition) is 8. The maximum absolute atomic E-state index is 13.4. The smallest absolute Gasteiger partial charge is 0.366 e. The van der Waals surface area contributed by atoms with Crippen molar-refractivity contribution in [2.24, 2.45) is 0 Å². The minimum absolute atomic E-state index is 0.184. The molecule has 0 bridgehead atoms. The Morgan fingerprint density at radius 1 is 1.19 bits per heavy atom. The van der Waals surface area contributed by atoms with Crippen molar-refractivity contribution in [1.82, 2.24) is 14.9 Å². The number of nitrogens with one attached hydrogen (secondary N) is 1. The Labute approximate surface area is 216 Å². The van der Waals surface area contributed by atoms with Crippen molar-refractivity contribution in [3.63, 3.8) is 0 Å². The SMILES string of the molecule is O=C(O)CCC(=O)NCC(=O)O[C@]1(I)C(=O)OCc2c1cc1n(c2=O)Cc2cc3ccccc3nc2-1. The lowest BCUT2D eigenvalue weighted by Gasteiger charge is -2.31. The molecule has 2 aliphatic heterocycles. The number of carboxylic acid groups (broad SMARTS) is 1. The second-order valence-corrected chi connectivity index (χ2v) is 9.84. The Balaban J connectivity index is 1.47. The average molecular weight is 603 g/mol. The van der Waals surface area contributed by atoms with E-state index in [1.807, 2.05) is 30.3 Å². The molecule has 12 heteroatoms. The molecule has 36 heavy (non-hydrogen) atoms. The van der Waals surface area contributed by atoms with Crippen molar-refractivity contribution < 1.29 is 33.8 Å². The number of nitrogens with zero attached hydrogens (tertiary/aromatic N) is 2. The molecule has 2 N–H and O–H groups in total. The molecular weight excluding hydrogens is 585 g/mol. The Morgan fingerprint density at radius 3 is 2.75 bits per heavy atom. The zero-order valence-electron chi connectivity index (χ0n) is 18.6. The Hall–Kier alpha value is -3.81. The van der Waals surface area contributed by atoms with Crippen LogP contribution < -0.4 is 10.9 Å². The van der Waals surface area contributed by atoms with Crippen LogP contribution in [0.1, 0.15) is 29.5 Å². The predicted molar refractivity (Wildman–Crippen MR) is 132 cm³/mol. The first kappa shape index (κ1) is 23.9. The summed E-state index contributed by atoms with van der Waals surface area (Å²) in [6.45, 7) is -0.557. The fourth-order valence-electron chi connectivity index (χ4n) is 4.25. The molecule has 184 valence electrons. The number of hydrogen-bond donors (Lipinski definition) is 2. The lowest BCUT2D eigenvalue weighted by molar-refractivity contribution is -0.173. The van der Waals surface area contributed by atoms with Crippen molar-refractivity contribution in [3.8, 4) is 11.4 Å². The molecule has 4 heterocycles. The van der Waals surface area contributed by atoms with E-state index in [9.17, 15) is 24.0 Å². The van der Waals surface area contributed by atoms with Gasteiger partial charge in [0.1, 0.15) is 13.2 Å². The number of ether oxygens (including phenoxy) is 2. The molecule has 2 aliphatic rings. The number of para-hydroxylation sites is 1. The Kier molecular flexibility index (Phi) is 5.98. The van der Waals surface area contributed by atoms with Crippen molar-refractivity contribution in [3.05, 3.63) is 63.4 Å². The number of benzene rings is 1. The van der Waals surface area contributed by atoms with Crippen LogP contribution in [0.3, 0.4) is 0 Å². The lowest BCUT2D eigenvalue weighted by atomic mass is 10.00. The number of esters is 2. The van der Waals surface area contributed by atoms with Crippen LogP contribution in [-0.4, -0.2) is 45.0 Å². The third-order valence-electron chi connectivity index (χ3n) is 5.98. The normalized spacial score (nSPS) is 17.5. The minimum Gasteiger partial charge on any atom is -0.481 e. The van der Waals surface area contributed by atoms with Crippen LogP contribution in [0.2, 0.25) is 0 Å². The minimum atomic E-state index is -1.96. The van der Waals surface area contributed by atoms with Crippen molar-refractivity contribution in [2.45, 2.75) is 29.6 Å². The van der Waals surface area contributed by atoms with Crippen molar-refractivity contribution >= 4 is 57.3 Å². The van der Waals surface area contributed by atoms with E-state index >= 15 is 0 Å². The highest BCUT2D eigenvalue weighted by atomic mass is 127. The van der Waals surface area contributed by atoms with E-state index in [0.29, 0.717) is 17.9 Å². The van der Waals surface area contributed by atoms with Gasteiger partial charge in [-0.25, -0.2) is 9.78 Å². The van der Waals surface area contributed by atoms with Crippen LogP contribution in [0.25, 0.3) is 22.3 Å². The summed E-state index contributed by atoms with van der Waals surface area (Å²) in [5.41, 5.74) is 2.68. The molecule has 11 nitrogen and oxygen atoms in total. The van der Waals surface area contributed by atoms with Gasteiger partial charge in [-0.3, -0.25) is 19.2 Å². The van der Waals surface area contributed by atoms with Gasteiger partial charge in [-0.1, -0.05) is 18.2 Å². The number of rotatable bonds is 6. The fraction of sp³-hybridized carbons (Fsp3) is 0.250. The standard InChI is InChI=1S/C24H18IN3O8/c25-24(36-20(32)9-26-18(29)5-6-19(30)31)15-8-17-21-13(7-12-3-1-2-4-16(12)27-21)10-28(17)22(33)14(15)11-35-23(24)34/h1-4,7-8H,5-6,9-11H2,(H,26,29)(H,30,31)/t24-/m0/s1. The lowest BCUT2D eigenvalue weighted by Crippen LogP contribution is -2.45. The first-order chi connectivity index (χ1) is 17.2. The maximum Gasteiger partial charge on any atom is 0.366 e. The summed E-state index contributed by atoms with van der Waals surface area (Å²) >= 11 is 1.62. The summed E-state index contributed by atoms with van der Waals surface area (Å²) in [4.78, 5) is 65.7. The number of aromatic nitrogens is 2. The fourth-order valence-corrected chi connectivity index (χ4v) is 5.13. The largest absolute Gasteiger partial charge is 0.481 e. The quantitative estimate of drug-likeness (QED) is 0.190. The third-order valence-corrected chi connectivity index (χ3v) is 7.22. The first-order valence-corrected chi connectivity index (χ1v) is 12.0. The zero-order chi connectivity index (χ0) is 25.6. The number of halogens is 1. The predicted octanol–water partition coefficient (Wildman–Crippen LogP) is 1.59. The van der Waals surface area contributed by atoms with Crippen LogP contribution in [0.15, 0.2) is 41.2 Å². The molecule has 0 aliphatic carbocycles. The summed E-state index contributed by atoms with van der Waals surface area (Å²) in [6, 6.07) is 11.1. The number of cyclic esters (lactones) is 1. The van der Waals surface area contributed by atoms with E-state index in [0.717, 1.165) is 16.5 Å². The monoisotopic (exact) mass is 603 g/mol. The van der Waals surface area contributed by atoms with Crippen molar-refractivity contribution in [1.29, 1.82) is 0 Å². The summed E-state index contributed by atoms with van der Waals surface area (Å²) in [7, 11) is 0. The second-order valence-electron chi connectivity index (χ2n) is 8.32. The van der Waals surface area contributed by atoms with E-state index in [1.54, 1.807) is 33.2 Å². The topological polar surface area (TPSA) is 154 Å². The van der Waals surface area contributed by atoms with Crippen molar-refractivity contribution in [2.75, 3.05) is 6.54 Å². The average Bonchev–Trinajstić information content (AvgIpc) is 3.20. The van der Waals surface area contributed by atoms with Gasteiger partial charge in [0.15, 0.2) is 0 Å². The molecule has 5 rings (SSSR count). The number of carbonyl (C=O) groups excluding carboxylic acids is 3. The highest BCUT2D eigenvalue weighted by molar-refractivity contribution is 14.1. The molecule has 2 aromatic heterocycles. The number of pyridine rings is 2. The van der Waals surface area contributed by atoms with Gasteiger partial charge in [-0.2, -0.15) is 0 Å². The van der Waals surface area contributed by atoms with Crippen LogP contribution in [0.5, 0.6) is 0 Å². The first-order valence-electron chi connectivity index (χ1n) is 10.9. The van der Waals surface area contributed by atoms with Gasteiger partial charge in [0.05, 0.1) is 35.4 Å². The molecule has 0 saturated carbocycles. The molecule has 0 radical (unpaired) electrons. The van der Waals surface area contributed by atoms with E-state index in [2.05, 4.69) is 5.32 Å². The maximum atomic E-state index is 13.4. The van der Waals surface area contributed by atoms with Gasteiger partial charge in [0.25, 0.3) is 9.17 Å². The molecule has 0 fully saturated rings. The van der Waals surface area contributed by atoms with Gasteiger partial charge in [0, 0.05) is 22.9 Å². The Morgan fingerprint density at radius 2 is 1.97 bits per heavy atom. The van der Waals surface area contributed by atoms with Gasteiger partial charge in [-0.05, 0) is 40.8 Å². The van der Waals surface area contributed by atoms with Gasteiger partial charge in [-0.15, -0.1) is 0 Å². The van der Waals surface area contributed by atoms with Gasteiger partial charge < -0.3 is 24.5 Å². The molecule has 0 spiro atoms. The summed E-state index contributed by atoms with van der Waals surface area (Å²) in [5.74, 6) is -3.63. The summed E-state index contributed by atoms with van der Waals surface area (Å²) in [5, 5.41) is 11.9. The van der Waals surface area contributed by atoms with E-state index in [-0.39, 0.29) is 29.7 Å². The number of aliphatic carboxylic acids is 1. The van der Waals surface area contributed by atoms with Crippen LogP contribution >= 0.6 is 22.6 Å². The molecule has 0 unspecified atom stereocenters. The van der Waals surface area contributed by atoms with Crippen LogP contribution in [0, 0.1) is 0 Å². The van der Waals surface area contributed by atoms with Gasteiger partial charge >= 0.3 is 17.9 Å². The highest BCUT2D eigenvalue weighted by Gasteiger charge is 2.49. The van der Waals surface area contributed by atoms with E-state index < -0.39 is 40.4 Å². The highest BCUT2D eigenvalue weighted by Crippen LogP contribution is 2.43. The van der Waals surface area contributed by atoms with Crippen LogP contribution in [-0.2, 0) is 45.4 Å². The molecule has 1 atom stereocenters. The zero-order valence-corrected chi connectivity index (χ0v) is 20.7. The van der Waals surface area contributed by atoms with Gasteiger partial charge in [0.2, 0.25) is 5.91 Å². The molecule has 0 saturated heterocycles. The second kappa shape index (κ2) is 9.00. The molecule has 3 aromatic rings. The van der Waals surface area contributed by atoms with E-state index in [1.165, 1.54) is 0 Å². The molecule has 1 amide bonds. The van der Waals surface area contributed by atoms with E-state index in [4.69, 9.17) is 19.6 Å². The van der Waals surface area contributed by atoms with Crippen LogP contribution in [0.4, 0.5) is 0 Å². The Bertz CT molecular complexity index is 1530. The number of carbonyl (C=O) groups is 4. The summed E-state index contributed by atoms with van der Waals surface area (Å²) in [6.07, 6.45) is -0.705. The number of fused-ring (bicyclic) bond motifs is 5. The molecule has 1 aromatic carbocycles. The number of amides is 1.